The predicted octanol–water partition coefficient (Wildman–Crippen LogP) is 5.16. The number of hydrogen-bond donors (Lipinski definition) is 1. The van der Waals surface area contributed by atoms with E-state index in [9.17, 15) is 18.0 Å². The van der Waals surface area contributed by atoms with E-state index in [0.29, 0.717) is 11.4 Å². The van der Waals surface area contributed by atoms with Gasteiger partial charge in [-0.3, -0.25) is 9.59 Å². The van der Waals surface area contributed by atoms with Gasteiger partial charge in [-0.25, -0.2) is 8.42 Å². The van der Waals surface area contributed by atoms with Gasteiger partial charge >= 0.3 is 0 Å². The van der Waals surface area contributed by atoms with E-state index in [4.69, 9.17) is 4.74 Å². The summed E-state index contributed by atoms with van der Waals surface area (Å²) >= 11 is 0. The van der Waals surface area contributed by atoms with Crippen molar-refractivity contribution in [3.8, 4) is 5.75 Å². The Morgan fingerprint density at radius 2 is 1.65 bits per heavy atom. The van der Waals surface area contributed by atoms with Gasteiger partial charge < -0.3 is 19.9 Å². The summed E-state index contributed by atoms with van der Waals surface area (Å²) in [5, 5.41) is 3.37. The number of rotatable bonds is 10. The minimum Gasteiger partial charge on any atom is -0.496 e. The molecule has 0 radical (unpaired) electrons. The largest absolute Gasteiger partial charge is 0.496 e. The summed E-state index contributed by atoms with van der Waals surface area (Å²) in [6, 6.07) is 14.7. The Kier molecular flexibility index (Phi) is 11.2. The molecule has 43 heavy (non-hydrogen) atoms. The molecule has 2 amide bonds. The highest BCUT2D eigenvalue weighted by atomic mass is 35.5. The Hall–Kier alpha value is -2.62. The molecule has 236 valence electrons. The van der Waals surface area contributed by atoms with Crippen molar-refractivity contribution >= 4 is 34.1 Å². The number of halogens is 1. The Morgan fingerprint density at radius 1 is 1.00 bits per heavy atom. The number of benzene rings is 2. The normalized spacial score (nSPS) is 20.0. The van der Waals surface area contributed by atoms with E-state index in [2.05, 4.69) is 16.3 Å². The number of carbonyl (C=O) groups excluding carboxylic acids is 2. The fraction of sp³-hybridized carbons (Fsp3) is 0.576. The Bertz CT molecular complexity index is 1350. The predicted molar refractivity (Wildman–Crippen MR) is 170 cm³/mol. The molecule has 1 spiro atoms. The molecule has 2 saturated heterocycles. The van der Waals surface area contributed by atoms with Gasteiger partial charge in [0.25, 0.3) is 0 Å². The van der Waals surface area contributed by atoms with Gasteiger partial charge in [0.2, 0.25) is 11.8 Å². The van der Waals surface area contributed by atoms with Crippen molar-refractivity contribution in [3.63, 3.8) is 0 Å². The summed E-state index contributed by atoms with van der Waals surface area (Å²) in [5.74, 6) is 1.28. The van der Waals surface area contributed by atoms with E-state index in [-0.39, 0.29) is 41.6 Å². The first-order valence-electron chi connectivity index (χ1n) is 15.4. The van der Waals surface area contributed by atoms with Crippen molar-refractivity contribution in [1.82, 2.24) is 15.1 Å². The van der Waals surface area contributed by atoms with E-state index < -0.39 is 9.84 Å². The standard InChI is InChI=1S/C33H45N3O5S.ClH/c1-41-30-11-7-6-10-28(30)29(34-31(37)26-8-4-3-5-9-26)16-20-35-21-17-33(18-22-35)19-23-36(32(33)38)24-25-12-14-27(15-13-25)42(2,39)40;/h6-7,10-15,26,29H,3-5,8-9,16-24H2,1-2H3,(H,34,37);1H. The number of sulfone groups is 1. The third-order valence-electron chi connectivity index (χ3n) is 9.68. The number of piperidine rings is 1. The number of methoxy groups -OCH3 is 1. The summed E-state index contributed by atoms with van der Waals surface area (Å²) in [7, 11) is -1.56. The molecule has 10 heteroatoms. The quantitative estimate of drug-likeness (QED) is 0.389. The van der Waals surface area contributed by atoms with Crippen molar-refractivity contribution in [1.29, 1.82) is 0 Å². The van der Waals surface area contributed by atoms with Crippen LogP contribution in [-0.4, -0.2) is 69.6 Å². The maximum absolute atomic E-state index is 13.6. The lowest BCUT2D eigenvalue weighted by molar-refractivity contribution is -0.139. The lowest BCUT2D eigenvalue weighted by atomic mass is 9.77. The molecule has 5 rings (SSSR count). The minimum absolute atomic E-state index is 0. The smallest absolute Gasteiger partial charge is 0.229 e. The van der Waals surface area contributed by atoms with Crippen LogP contribution in [0.25, 0.3) is 0 Å². The van der Waals surface area contributed by atoms with Crippen LogP contribution in [0.3, 0.4) is 0 Å². The van der Waals surface area contributed by atoms with Crippen molar-refractivity contribution in [2.24, 2.45) is 11.3 Å². The van der Waals surface area contributed by atoms with Crippen LogP contribution in [0.5, 0.6) is 5.75 Å². The van der Waals surface area contributed by atoms with Crippen LogP contribution in [0, 0.1) is 11.3 Å². The molecular formula is C33H46ClN3O5S. The molecule has 0 bridgehead atoms. The fourth-order valence-corrected chi connectivity index (χ4v) is 7.63. The molecule has 2 aliphatic heterocycles. The highest BCUT2D eigenvalue weighted by Gasteiger charge is 2.47. The first-order valence-corrected chi connectivity index (χ1v) is 17.3. The summed E-state index contributed by atoms with van der Waals surface area (Å²) in [4.78, 5) is 31.4. The number of likely N-dealkylation sites (tertiary alicyclic amines) is 2. The molecule has 1 atom stereocenters. The molecule has 1 N–H and O–H groups in total. The molecule has 1 saturated carbocycles. The van der Waals surface area contributed by atoms with E-state index in [1.54, 1.807) is 19.2 Å². The number of ether oxygens (including phenoxy) is 1. The van der Waals surface area contributed by atoms with Crippen LogP contribution < -0.4 is 10.1 Å². The van der Waals surface area contributed by atoms with Crippen molar-refractivity contribution in [2.75, 3.05) is 39.5 Å². The van der Waals surface area contributed by atoms with Gasteiger partial charge in [-0.1, -0.05) is 49.6 Å². The number of carbonyl (C=O) groups is 2. The lowest BCUT2D eigenvalue weighted by Gasteiger charge is -2.38. The molecule has 8 nitrogen and oxygen atoms in total. The molecule has 2 heterocycles. The fourth-order valence-electron chi connectivity index (χ4n) is 7.00. The Morgan fingerprint density at radius 3 is 2.30 bits per heavy atom. The number of nitrogens with one attached hydrogen (secondary N) is 1. The van der Waals surface area contributed by atoms with Crippen molar-refractivity contribution in [2.45, 2.75) is 75.3 Å². The number of para-hydroxylation sites is 1. The average Bonchev–Trinajstić information content (AvgIpc) is 3.30. The van der Waals surface area contributed by atoms with Crippen molar-refractivity contribution in [3.05, 3.63) is 59.7 Å². The topological polar surface area (TPSA) is 96.0 Å². The Balaban J connectivity index is 0.00000423. The molecule has 3 aliphatic rings. The molecule has 3 fully saturated rings. The first kappa shape index (κ1) is 33.3. The highest BCUT2D eigenvalue weighted by Crippen LogP contribution is 2.42. The summed E-state index contributed by atoms with van der Waals surface area (Å²) in [6.45, 7) is 3.80. The molecule has 1 aliphatic carbocycles. The van der Waals surface area contributed by atoms with Gasteiger partial charge in [-0.15, -0.1) is 12.4 Å². The third-order valence-corrected chi connectivity index (χ3v) is 10.8. The highest BCUT2D eigenvalue weighted by molar-refractivity contribution is 7.90. The Labute approximate surface area is 262 Å². The van der Waals surface area contributed by atoms with Gasteiger partial charge in [-0.05, 0) is 75.4 Å². The van der Waals surface area contributed by atoms with E-state index in [1.807, 2.05) is 35.2 Å². The van der Waals surface area contributed by atoms with Gasteiger partial charge in [0, 0.05) is 37.4 Å². The maximum Gasteiger partial charge on any atom is 0.229 e. The maximum atomic E-state index is 13.6. The van der Waals surface area contributed by atoms with Crippen LogP contribution in [0.1, 0.15) is 75.0 Å². The van der Waals surface area contributed by atoms with Crippen LogP contribution >= 0.6 is 12.4 Å². The first-order chi connectivity index (χ1) is 20.2. The zero-order valence-electron chi connectivity index (χ0n) is 25.4. The third kappa shape index (κ3) is 7.91. The molecule has 0 aromatic heterocycles. The van der Waals surface area contributed by atoms with E-state index in [0.717, 1.165) is 94.4 Å². The van der Waals surface area contributed by atoms with Crippen LogP contribution in [0.2, 0.25) is 0 Å². The SMILES string of the molecule is COc1ccccc1C(CCN1CCC2(CC1)CCN(Cc1ccc(S(C)(=O)=O)cc1)C2=O)NC(=O)C1CCCCC1.Cl. The van der Waals surface area contributed by atoms with Crippen LogP contribution in [0.15, 0.2) is 53.4 Å². The second kappa shape index (κ2) is 14.4. The van der Waals surface area contributed by atoms with Crippen LogP contribution in [0.4, 0.5) is 0 Å². The van der Waals surface area contributed by atoms with E-state index in [1.165, 1.54) is 12.7 Å². The summed E-state index contributed by atoms with van der Waals surface area (Å²) < 4.78 is 29.2. The van der Waals surface area contributed by atoms with Gasteiger partial charge in [0.15, 0.2) is 9.84 Å². The van der Waals surface area contributed by atoms with Gasteiger partial charge in [0.05, 0.1) is 23.5 Å². The zero-order chi connectivity index (χ0) is 29.7. The molecule has 2 aromatic rings. The molecule has 2 aromatic carbocycles. The summed E-state index contributed by atoms with van der Waals surface area (Å²) in [5.41, 5.74) is 1.66. The van der Waals surface area contributed by atoms with Gasteiger partial charge in [-0.2, -0.15) is 0 Å². The average molecular weight is 632 g/mol. The minimum atomic E-state index is -3.24. The van der Waals surface area contributed by atoms with Crippen LogP contribution in [-0.2, 0) is 26.0 Å². The second-order valence-corrected chi connectivity index (χ2v) is 14.5. The van der Waals surface area contributed by atoms with E-state index >= 15 is 0 Å². The van der Waals surface area contributed by atoms with Gasteiger partial charge in [0.1, 0.15) is 5.75 Å². The monoisotopic (exact) mass is 631 g/mol. The summed E-state index contributed by atoms with van der Waals surface area (Å²) in [6.07, 6.45) is 9.93. The zero-order valence-corrected chi connectivity index (χ0v) is 27.1. The second-order valence-electron chi connectivity index (χ2n) is 12.4. The van der Waals surface area contributed by atoms with Crippen molar-refractivity contribution < 1.29 is 22.7 Å². The number of hydrogen-bond acceptors (Lipinski definition) is 6. The lowest BCUT2D eigenvalue weighted by Crippen LogP contribution is -2.45. The molecular weight excluding hydrogens is 586 g/mol. The molecule has 1 unspecified atom stereocenters. The number of nitrogens with zero attached hydrogens (tertiary/aromatic N) is 2. The number of amides is 2.